The number of nitrogens with one attached hydrogen (secondary N) is 1. The van der Waals surface area contributed by atoms with Gasteiger partial charge in [-0.15, -0.1) is 0 Å². The van der Waals surface area contributed by atoms with E-state index in [-0.39, 0.29) is 17.0 Å². The first kappa shape index (κ1) is 20.1. The minimum absolute atomic E-state index is 0.0187. The van der Waals surface area contributed by atoms with Gasteiger partial charge < -0.3 is 4.98 Å². The number of hydrogen-bond acceptors (Lipinski definition) is 5. The summed E-state index contributed by atoms with van der Waals surface area (Å²) < 4.78 is 0. The molecule has 0 aliphatic carbocycles. The van der Waals surface area contributed by atoms with Crippen molar-refractivity contribution in [1.29, 1.82) is 0 Å². The van der Waals surface area contributed by atoms with Crippen LogP contribution in [0.4, 0.5) is 0 Å². The Morgan fingerprint density at radius 2 is 1.73 bits per heavy atom. The zero-order valence-corrected chi connectivity index (χ0v) is 16.8. The van der Waals surface area contributed by atoms with Gasteiger partial charge in [0.2, 0.25) is 0 Å². The predicted octanol–water partition coefficient (Wildman–Crippen LogP) is 3.94. The maximum atomic E-state index is 12.7. The predicted molar refractivity (Wildman–Crippen MR) is 104 cm³/mol. The van der Waals surface area contributed by atoms with Crippen molar-refractivity contribution in [2.45, 2.75) is 57.2 Å². The van der Waals surface area contributed by atoms with Crippen molar-refractivity contribution in [1.82, 2.24) is 9.97 Å². The topological polar surface area (TPSA) is 79.9 Å². The molecule has 0 amide bonds. The molecule has 1 aromatic carbocycles. The first-order valence-corrected chi connectivity index (χ1v) is 9.32. The molecule has 0 aliphatic rings. The van der Waals surface area contributed by atoms with Gasteiger partial charge in [-0.25, -0.2) is 4.79 Å². The Bertz CT molecular complexity index is 893. The van der Waals surface area contributed by atoms with Crippen LogP contribution in [0.15, 0.2) is 34.1 Å². The monoisotopic (exact) mass is 372 g/mol. The molecule has 1 N–H and O–H groups in total. The lowest BCUT2D eigenvalue weighted by atomic mass is 9.86. The van der Waals surface area contributed by atoms with Crippen molar-refractivity contribution in [3.63, 3.8) is 0 Å². The number of carbonyl (C=O) groups excluding carboxylic acids is 2. The fourth-order valence-corrected chi connectivity index (χ4v) is 3.78. The zero-order chi connectivity index (χ0) is 19.6. The van der Waals surface area contributed by atoms with E-state index in [4.69, 9.17) is 0 Å². The fourth-order valence-electron chi connectivity index (χ4n) is 2.65. The number of benzene rings is 1. The molecule has 0 aliphatic heterocycles. The molecule has 138 valence electrons. The Morgan fingerprint density at radius 3 is 2.23 bits per heavy atom. The van der Waals surface area contributed by atoms with Crippen LogP contribution in [-0.4, -0.2) is 26.8 Å². The van der Waals surface area contributed by atoms with Gasteiger partial charge in [0.15, 0.2) is 11.6 Å². The van der Waals surface area contributed by atoms with Gasteiger partial charge in [-0.2, -0.15) is 4.98 Å². The van der Waals surface area contributed by atoms with Crippen molar-refractivity contribution < 1.29 is 9.59 Å². The van der Waals surface area contributed by atoms with E-state index in [0.29, 0.717) is 21.8 Å². The van der Waals surface area contributed by atoms with Crippen LogP contribution < -0.4 is 5.69 Å². The molecule has 2 rings (SSSR count). The van der Waals surface area contributed by atoms with E-state index in [0.717, 1.165) is 17.3 Å². The van der Waals surface area contributed by atoms with Gasteiger partial charge in [0.1, 0.15) is 5.03 Å². The minimum atomic E-state index is -0.524. The van der Waals surface area contributed by atoms with E-state index >= 15 is 0 Å². The second kappa shape index (κ2) is 7.58. The van der Waals surface area contributed by atoms with Crippen LogP contribution >= 0.6 is 11.8 Å². The first-order chi connectivity index (χ1) is 12.0. The van der Waals surface area contributed by atoms with Gasteiger partial charge in [0.25, 0.3) is 0 Å². The molecule has 1 heterocycles. The van der Waals surface area contributed by atoms with Gasteiger partial charge in [0.05, 0.1) is 10.8 Å². The van der Waals surface area contributed by atoms with E-state index in [1.165, 1.54) is 6.92 Å². The Balaban J connectivity index is 2.28. The number of hydrogen-bond donors (Lipinski definition) is 1. The van der Waals surface area contributed by atoms with Crippen molar-refractivity contribution in [2.75, 3.05) is 0 Å². The summed E-state index contributed by atoms with van der Waals surface area (Å²) in [5.41, 5.74) is 2.07. The maximum Gasteiger partial charge on any atom is 0.346 e. The highest BCUT2D eigenvalue weighted by Crippen LogP contribution is 2.28. The highest BCUT2D eigenvalue weighted by Gasteiger charge is 2.22. The highest BCUT2D eigenvalue weighted by atomic mass is 32.2. The van der Waals surface area contributed by atoms with Crippen molar-refractivity contribution >= 4 is 23.3 Å². The molecule has 6 heteroatoms. The summed E-state index contributed by atoms with van der Waals surface area (Å²) in [5, 5.41) is -0.173. The van der Waals surface area contributed by atoms with Gasteiger partial charge >= 0.3 is 5.69 Å². The molecule has 1 unspecified atom stereocenters. The summed E-state index contributed by atoms with van der Waals surface area (Å²) in [6.45, 7) is 11.2. The number of aromatic nitrogens is 2. The lowest BCUT2D eigenvalue weighted by Crippen LogP contribution is -2.20. The normalized spacial score (nSPS) is 12.7. The third-order valence-electron chi connectivity index (χ3n) is 4.13. The Morgan fingerprint density at radius 1 is 1.15 bits per heavy atom. The van der Waals surface area contributed by atoms with Crippen molar-refractivity contribution in [3.8, 4) is 0 Å². The van der Waals surface area contributed by atoms with Crippen molar-refractivity contribution in [3.05, 3.63) is 57.1 Å². The van der Waals surface area contributed by atoms with E-state index in [9.17, 15) is 14.4 Å². The third-order valence-corrected chi connectivity index (χ3v) is 5.22. The van der Waals surface area contributed by atoms with Crippen LogP contribution in [0, 0.1) is 6.92 Å². The standard InChI is InChI=1S/C20H24N2O3S/c1-11-16(12(2)23)18(22-19(25)21-11)26-13(3)17(24)14-7-9-15(10-8-14)20(4,5)6/h7-10,13H,1-6H3,(H,21,22,25). The number of ketones is 2. The van der Waals surface area contributed by atoms with Gasteiger partial charge in [-0.05, 0) is 31.7 Å². The smallest absolute Gasteiger partial charge is 0.309 e. The van der Waals surface area contributed by atoms with Gasteiger partial charge in [-0.1, -0.05) is 56.8 Å². The summed E-state index contributed by atoms with van der Waals surface area (Å²) in [4.78, 5) is 42.7. The lowest BCUT2D eigenvalue weighted by molar-refractivity contribution is 0.0988. The number of Topliss-reactive ketones (excluding diaryl/α,β-unsaturated/α-hetero) is 2. The minimum Gasteiger partial charge on any atom is -0.309 e. The molecule has 0 saturated carbocycles. The Kier molecular flexibility index (Phi) is 5.86. The lowest BCUT2D eigenvalue weighted by Gasteiger charge is -2.19. The molecule has 0 radical (unpaired) electrons. The van der Waals surface area contributed by atoms with Crippen molar-refractivity contribution in [2.24, 2.45) is 0 Å². The van der Waals surface area contributed by atoms with Gasteiger partial charge in [-0.3, -0.25) is 9.59 Å². The number of H-pyrrole nitrogens is 1. The SMILES string of the molecule is CC(=O)c1c(SC(C)C(=O)c2ccc(C(C)(C)C)cc2)nc(=O)[nH]c1C. The molecule has 0 saturated heterocycles. The number of aryl methyl sites for hydroxylation is 1. The van der Waals surface area contributed by atoms with E-state index < -0.39 is 10.9 Å². The second-order valence-electron chi connectivity index (χ2n) is 7.35. The van der Waals surface area contributed by atoms with E-state index in [1.807, 2.05) is 24.3 Å². The highest BCUT2D eigenvalue weighted by molar-refractivity contribution is 8.00. The fraction of sp³-hybridized carbons (Fsp3) is 0.400. The molecule has 26 heavy (non-hydrogen) atoms. The number of carbonyl (C=O) groups is 2. The van der Waals surface area contributed by atoms with Crippen LogP contribution in [0.3, 0.4) is 0 Å². The van der Waals surface area contributed by atoms with Gasteiger partial charge in [0, 0.05) is 11.3 Å². The molecule has 0 bridgehead atoms. The van der Waals surface area contributed by atoms with Crippen LogP contribution in [0.2, 0.25) is 0 Å². The summed E-state index contributed by atoms with van der Waals surface area (Å²) in [5.74, 6) is -0.257. The Hall–Kier alpha value is -2.21. The first-order valence-electron chi connectivity index (χ1n) is 8.44. The number of rotatable bonds is 5. The summed E-state index contributed by atoms with van der Waals surface area (Å²) in [6, 6.07) is 7.56. The van der Waals surface area contributed by atoms with E-state index in [1.54, 1.807) is 13.8 Å². The Labute approximate surface area is 157 Å². The zero-order valence-electron chi connectivity index (χ0n) is 16.0. The molecule has 0 spiro atoms. The summed E-state index contributed by atoms with van der Waals surface area (Å²) in [6.07, 6.45) is 0. The average molecular weight is 372 g/mol. The quantitative estimate of drug-likeness (QED) is 0.488. The maximum absolute atomic E-state index is 12.7. The number of thioether (sulfide) groups is 1. The van der Waals surface area contributed by atoms with Crippen LogP contribution in [0.1, 0.15) is 66.6 Å². The van der Waals surface area contributed by atoms with Crippen LogP contribution in [0.25, 0.3) is 0 Å². The molecular formula is C20H24N2O3S. The number of nitrogens with zero attached hydrogens (tertiary/aromatic N) is 1. The summed E-state index contributed by atoms with van der Waals surface area (Å²) >= 11 is 1.14. The third kappa shape index (κ3) is 4.49. The molecule has 1 atom stereocenters. The number of aromatic amines is 1. The molecule has 0 fully saturated rings. The molecule has 5 nitrogen and oxygen atoms in total. The molecular weight excluding hydrogens is 348 g/mol. The molecule has 2 aromatic rings. The average Bonchev–Trinajstić information content (AvgIpc) is 2.52. The largest absolute Gasteiger partial charge is 0.346 e. The summed E-state index contributed by atoms with van der Waals surface area (Å²) in [7, 11) is 0. The molecule has 1 aromatic heterocycles. The van der Waals surface area contributed by atoms with E-state index in [2.05, 4.69) is 30.7 Å². The van der Waals surface area contributed by atoms with Crippen LogP contribution in [0.5, 0.6) is 0 Å². The van der Waals surface area contributed by atoms with Crippen LogP contribution in [-0.2, 0) is 5.41 Å². The second-order valence-corrected chi connectivity index (χ2v) is 8.68.